The Hall–Kier alpha value is -3.23. The van der Waals surface area contributed by atoms with E-state index in [1.54, 1.807) is 26.0 Å². The van der Waals surface area contributed by atoms with E-state index in [9.17, 15) is 24.0 Å². The molecule has 0 bridgehead atoms. The number of hydrogen-bond donors (Lipinski definition) is 2. The summed E-state index contributed by atoms with van der Waals surface area (Å²) in [5.74, 6) is -2.89. The lowest BCUT2D eigenvalue weighted by Crippen LogP contribution is -2.50. The van der Waals surface area contributed by atoms with Gasteiger partial charge in [-0.1, -0.05) is 26.0 Å². The van der Waals surface area contributed by atoms with E-state index in [-0.39, 0.29) is 29.5 Å². The van der Waals surface area contributed by atoms with Crippen LogP contribution in [0, 0.1) is 5.92 Å². The Balaban J connectivity index is 2.15. The first-order valence-electron chi connectivity index (χ1n) is 9.81. The molecule has 2 N–H and O–H groups in total. The van der Waals surface area contributed by atoms with Crippen LogP contribution in [0.1, 0.15) is 61.8 Å². The van der Waals surface area contributed by atoms with Gasteiger partial charge in [-0.05, 0) is 45.2 Å². The molecule has 0 spiro atoms. The Bertz CT molecular complexity index is 829. The molecule has 0 radical (unpaired) electrons. The molecule has 0 aliphatic carbocycles. The summed E-state index contributed by atoms with van der Waals surface area (Å²) in [6.07, 6.45) is -1.12. The Morgan fingerprint density at radius 2 is 1.50 bits per heavy atom. The molecule has 1 aromatic carbocycles. The van der Waals surface area contributed by atoms with Gasteiger partial charge in [-0.2, -0.15) is 0 Å². The number of benzene rings is 1. The van der Waals surface area contributed by atoms with Crippen LogP contribution < -0.4 is 10.6 Å². The molecule has 2 rings (SSSR count). The van der Waals surface area contributed by atoms with Crippen LogP contribution in [0.3, 0.4) is 0 Å². The van der Waals surface area contributed by atoms with E-state index in [2.05, 4.69) is 10.6 Å². The van der Waals surface area contributed by atoms with Crippen molar-refractivity contribution in [1.29, 1.82) is 0 Å². The second kappa shape index (κ2) is 9.51. The van der Waals surface area contributed by atoms with E-state index in [1.165, 1.54) is 19.1 Å². The van der Waals surface area contributed by atoms with E-state index >= 15 is 0 Å². The number of carbonyl (C=O) groups excluding carboxylic acids is 5. The van der Waals surface area contributed by atoms with E-state index in [1.807, 2.05) is 13.8 Å². The Labute approximate surface area is 175 Å². The van der Waals surface area contributed by atoms with Crippen LogP contribution in [0.25, 0.3) is 0 Å². The zero-order valence-corrected chi connectivity index (χ0v) is 17.7. The summed E-state index contributed by atoms with van der Waals surface area (Å²) in [7, 11) is 0. The molecule has 2 atom stereocenters. The number of ether oxygens (including phenoxy) is 1. The second-order valence-corrected chi connectivity index (χ2v) is 7.87. The average molecular weight is 417 g/mol. The van der Waals surface area contributed by atoms with Crippen molar-refractivity contribution in [3.8, 4) is 0 Å². The maximum atomic E-state index is 12.8. The summed E-state index contributed by atoms with van der Waals surface area (Å²) in [6, 6.07) is 4.25. The SMILES string of the molecule is CC(C)C[C@@H](C(=O)O[C@@H](C)C(=O)NC(=O)NC(C)C)N1C(=O)c2ccccc2C1=O. The topological polar surface area (TPSA) is 122 Å². The number of rotatable bonds is 7. The molecule has 0 saturated carbocycles. The zero-order chi connectivity index (χ0) is 22.6. The minimum absolute atomic E-state index is 0.0344. The van der Waals surface area contributed by atoms with Gasteiger partial charge in [0, 0.05) is 6.04 Å². The number of imide groups is 2. The van der Waals surface area contributed by atoms with Gasteiger partial charge in [0.15, 0.2) is 6.10 Å². The van der Waals surface area contributed by atoms with Gasteiger partial charge in [0.25, 0.3) is 17.7 Å². The van der Waals surface area contributed by atoms with Crippen molar-refractivity contribution in [2.45, 2.75) is 59.2 Å². The molecule has 1 heterocycles. The quantitative estimate of drug-likeness (QED) is 0.516. The van der Waals surface area contributed by atoms with Crippen molar-refractivity contribution < 1.29 is 28.7 Å². The van der Waals surface area contributed by atoms with Gasteiger partial charge in [-0.25, -0.2) is 9.59 Å². The van der Waals surface area contributed by atoms with Gasteiger partial charge in [-0.3, -0.25) is 24.6 Å². The van der Waals surface area contributed by atoms with Crippen LogP contribution >= 0.6 is 0 Å². The first-order valence-corrected chi connectivity index (χ1v) is 9.81. The van der Waals surface area contributed by atoms with E-state index in [0.717, 1.165) is 4.90 Å². The third kappa shape index (κ3) is 5.22. The summed E-state index contributed by atoms with van der Waals surface area (Å²) in [6.45, 7) is 8.44. The van der Waals surface area contributed by atoms with Crippen molar-refractivity contribution in [2.24, 2.45) is 5.92 Å². The average Bonchev–Trinajstić information content (AvgIpc) is 2.89. The fourth-order valence-corrected chi connectivity index (χ4v) is 3.06. The fourth-order valence-electron chi connectivity index (χ4n) is 3.06. The smallest absolute Gasteiger partial charge is 0.330 e. The van der Waals surface area contributed by atoms with Crippen LogP contribution in [0.5, 0.6) is 0 Å². The lowest BCUT2D eigenvalue weighted by atomic mass is 10.0. The number of nitrogens with zero attached hydrogens (tertiary/aromatic N) is 1. The van der Waals surface area contributed by atoms with E-state index in [0.29, 0.717) is 0 Å². The third-order valence-electron chi connectivity index (χ3n) is 4.42. The molecular weight excluding hydrogens is 390 g/mol. The monoisotopic (exact) mass is 417 g/mol. The summed E-state index contributed by atoms with van der Waals surface area (Å²) in [5, 5.41) is 4.57. The molecule has 1 aliphatic heterocycles. The third-order valence-corrected chi connectivity index (χ3v) is 4.42. The number of nitrogens with one attached hydrogen (secondary N) is 2. The van der Waals surface area contributed by atoms with Crippen LogP contribution in [0.15, 0.2) is 24.3 Å². The summed E-state index contributed by atoms with van der Waals surface area (Å²) < 4.78 is 5.21. The van der Waals surface area contributed by atoms with Crippen molar-refractivity contribution >= 4 is 29.7 Å². The van der Waals surface area contributed by atoms with Crippen molar-refractivity contribution in [1.82, 2.24) is 15.5 Å². The Kier molecular flexibility index (Phi) is 7.31. The largest absolute Gasteiger partial charge is 0.451 e. The number of hydrogen-bond acceptors (Lipinski definition) is 6. The van der Waals surface area contributed by atoms with Gasteiger partial charge in [0.1, 0.15) is 6.04 Å². The number of urea groups is 1. The van der Waals surface area contributed by atoms with Crippen molar-refractivity contribution in [3.63, 3.8) is 0 Å². The molecule has 0 fully saturated rings. The molecule has 1 aromatic rings. The van der Waals surface area contributed by atoms with Gasteiger partial charge in [0.05, 0.1) is 11.1 Å². The van der Waals surface area contributed by atoms with Crippen LogP contribution in [-0.2, 0) is 14.3 Å². The summed E-state index contributed by atoms with van der Waals surface area (Å²) in [5.41, 5.74) is 0.445. The highest BCUT2D eigenvalue weighted by Crippen LogP contribution is 2.27. The van der Waals surface area contributed by atoms with Crippen LogP contribution in [0.2, 0.25) is 0 Å². The number of fused-ring (bicyclic) bond motifs is 1. The highest BCUT2D eigenvalue weighted by Gasteiger charge is 2.44. The standard InChI is InChI=1S/C21H27N3O6/c1-11(2)10-16(24-18(26)14-8-6-7-9-15(14)19(24)27)20(28)30-13(5)17(25)23-21(29)22-12(3)4/h6-9,11-13,16H,10H2,1-5H3,(H2,22,23,25,29)/t13-,16-/m0/s1. The normalized spacial score (nSPS) is 15.1. The zero-order valence-electron chi connectivity index (χ0n) is 17.7. The van der Waals surface area contributed by atoms with Crippen molar-refractivity contribution in [3.05, 3.63) is 35.4 Å². The van der Waals surface area contributed by atoms with E-state index < -0.39 is 41.9 Å². The molecule has 9 heteroatoms. The maximum Gasteiger partial charge on any atom is 0.330 e. The van der Waals surface area contributed by atoms with Gasteiger partial charge in [0.2, 0.25) is 0 Å². The molecule has 1 aliphatic rings. The lowest BCUT2D eigenvalue weighted by molar-refractivity contribution is -0.158. The predicted molar refractivity (Wildman–Crippen MR) is 108 cm³/mol. The Morgan fingerprint density at radius 1 is 0.967 bits per heavy atom. The minimum Gasteiger partial charge on any atom is -0.451 e. The van der Waals surface area contributed by atoms with E-state index in [4.69, 9.17) is 4.74 Å². The molecular formula is C21H27N3O6. The fraction of sp³-hybridized carbons (Fsp3) is 0.476. The van der Waals surface area contributed by atoms with Crippen molar-refractivity contribution in [2.75, 3.05) is 0 Å². The van der Waals surface area contributed by atoms with Gasteiger partial charge < -0.3 is 10.1 Å². The molecule has 0 saturated heterocycles. The van der Waals surface area contributed by atoms with Gasteiger partial charge >= 0.3 is 12.0 Å². The second-order valence-electron chi connectivity index (χ2n) is 7.87. The molecule has 9 nitrogen and oxygen atoms in total. The molecule has 0 unspecified atom stereocenters. The molecule has 30 heavy (non-hydrogen) atoms. The number of esters is 1. The van der Waals surface area contributed by atoms with Crippen LogP contribution in [-0.4, -0.2) is 52.8 Å². The first-order chi connectivity index (χ1) is 14.0. The summed E-state index contributed by atoms with van der Waals surface area (Å²) >= 11 is 0. The van der Waals surface area contributed by atoms with Crippen LogP contribution in [0.4, 0.5) is 4.79 Å². The predicted octanol–water partition coefficient (Wildman–Crippen LogP) is 1.86. The first kappa shape index (κ1) is 23.1. The Morgan fingerprint density at radius 3 is 1.97 bits per heavy atom. The highest BCUT2D eigenvalue weighted by molar-refractivity contribution is 6.22. The lowest BCUT2D eigenvalue weighted by Gasteiger charge is -2.27. The minimum atomic E-state index is -1.29. The van der Waals surface area contributed by atoms with Gasteiger partial charge in [-0.15, -0.1) is 0 Å². The maximum absolute atomic E-state index is 12.8. The molecule has 5 amide bonds. The molecule has 0 aromatic heterocycles. The number of amides is 5. The highest BCUT2D eigenvalue weighted by atomic mass is 16.5. The number of carbonyl (C=O) groups is 5. The molecule has 162 valence electrons. The summed E-state index contributed by atoms with van der Waals surface area (Å²) in [4.78, 5) is 63.1.